The van der Waals surface area contributed by atoms with Crippen molar-refractivity contribution in [3.05, 3.63) is 77.4 Å². The van der Waals surface area contributed by atoms with E-state index in [2.05, 4.69) is 6.08 Å². The second kappa shape index (κ2) is 6.40. The molecule has 106 valence electrons. The van der Waals surface area contributed by atoms with Gasteiger partial charge in [0.25, 0.3) is 0 Å². The van der Waals surface area contributed by atoms with Crippen molar-refractivity contribution in [2.75, 3.05) is 0 Å². The third kappa shape index (κ3) is 3.60. The quantitative estimate of drug-likeness (QED) is 0.823. The van der Waals surface area contributed by atoms with Gasteiger partial charge in [0.2, 0.25) is 0 Å². The largest absolute Gasteiger partial charge is 0.489 e. The molecule has 3 rings (SSSR count). The van der Waals surface area contributed by atoms with Gasteiger partial charge in [-0.3, -0.25) is 4.79 Å². The Labute approximate surface area is 125 Å². The monoisotopic (exact) mass is 278 g/mol. The first-order chi connectivity index (χ1) is 10.3. The molecule has 0 saturated heterocycles. The van der Waals surface area contributed by atoms with E-state index >= 15 is 0 Å². The molecule has 0 radical (unpaired) electrons. The van der Waals surface area contributed by atoms with Gasteiger partial charge in [0.1, 0.15) is 12.4 Å². The third-order valence-corrected chi connectivity index (χ3v) is 3.66. The maximum absolute atomic E-state index is 11.7. The lowest BCUT2D eigenvalue weighted by Gasteiger charge is -2.08. The van der Waals surface area contributed by atoms with Crippen LogP contribution in [0.5, 0.6) is 5.75 Å². The Kier molecular flexibility index (Phi) is 4.15. The minimum atomic E-state index is 0.283. The van der Waals surface area contributed by atoms with E-state index in [0.29, 0.717) is 19.4 Å². The molecule has 0 N–H and O–H groups in total. The van der Waals surface area contributed by atoms with Crippen LogP contribution in [-0.4, -0.2) is 5.78 Å². The second-order valence-corrected chi connectivity index (χ2v) is 5.29. The molecule has 0 bridgehead atoms. The Balaban J connectivity index is 1.64. The Hall–Kier alpha value is -2.35. The van der Waals surface area contributed by atoms with Crippen molar-refractivity contribution in [1.82, 2.24) is 0 Å². The van der Waals surface area contributed by atoms with E-state index in [1.54, 1.807) is 0 Å². The summed E-state index contributed by atoms with van der Waals surface area (Å²) in [4.78, 5) is 11.7. The van der Waals surface area contributed by atoms with Gasteiger partial charge in [0, 0.05) is 12.8 Å². The molecule has 1 aliphatic rings. The first-order valence-corrected chi connectivity index (χ1v) is 7.29. The van der Waals surface area contributed by atoms with Gasteiger partial charge < -0.3 is 4.74 Å². The Morgan fingerprint density at radius 2 is 1.76 bits per heavy atom. The number of hydrogen-bond acceptors (Lipinski definition) is 2. The normalized spacial score (nSPS) is 14.1. The van der Waals surface area contributed by atoms with E-state index in [1.165, 1.54) is 0 Å². The molecule has 2 nitrogen and oxygen atoms in total. The molecule has 0 atom stereocenters. The van der Waals surface area contributed by atoms with Crippen LogP contribution < -0.4 is 4.74 Å². The predicted molar refractivity (Wildman–Crippen MR) is 83.2 cm³/mol. The molecular formula is C19H18O2. The summed E-state index contributed by atoms with van der Waals surface area (Å²) in [5.74, 6) is 1.13. The van der Waals surface area contributed by atoms with Crippen molar-refractivity contribution >= 4 is 5.78 Å². The van der Waals surface area contributed by atoms with Crippen LogP contribution in [0.2, 0.25) is 0 Å². The fourth-order valence-corrected chi connectivity index (χ4v) is 2.53. The number of ketones is 1. The van der Waals surface area contributed by atoms with Crippen LogP contribution in [0.4, 0.5) is 0 Å². The lowest BCUT2D eigenvalue weighted by Crippen LogP contribution is -2.00. The zero-order chi connectivity index (χ0) is 14.5. The number of rotatable bonds is 5. The van der Waals surface area contributed by atoms with E-state index in [0.717, 1.165) is 28.9 Å². The standard InChI is InChI=1S/C19H18O2/c20-19-11-5-9-17(19)12-16-8-4-10-18(13-16)21-14-15-6-2-1-3-7-15/h1-4,6-10,13H,5,11-12,14H2. The summed E-state index contributed by atoms with van der Waals surface area (Å²) >= 11 is 0. The summed E-state index contributed by atoms with van der Waals surface area (Å²) in [5.41, 5.74) is 3.22. The molecule has 0 heterocycles. The maximum atomic E-state index is 11.7. The minimum absolute atomic E-state index is 0.283. The number of Topliss-reactive ketones (excluding diaryl/α,β-unsaturated/α-hetero) is 1. The lowest BCUT2D eigenvalue weighted by atomic mass is 10.0. The number of carbonyl (C=O) groups excluding carboxylic acids is 1. The highest BCUT2D eigenvalue weighted by Gasteiger charge is 2.15. The van der Waals surface area contributed by atoms with Crippen molar-refractivity contribution in [2.45, 2.75) is 25.9 Å². The predicted octanol–water partition coefficient (Wildman–Crippen LogP) is 4.10. The van der Waals surface area contributed by atoms with Crippen LogP contribution >= 0.6 is 0 Å². The average Bonchev–Trinajstić information content (AvgIpc) is 2.92. The van der Waals surface area contributed by atoms with Crippen molar-refractivity contribution in [3.8, 4) is 5.75 Å². The van der Waals surface area contributed by atoms with Gasteiger partial charge in [-0.05, 0) is 35.3 Å². The Morgan fingerprint density at radius 1 is 0.952 bits per heavy atom. The highest BCUT2D eigenvalue weighted by Crippen LogP contribution is 2.21. The molecule has 21 heavy (non-hydrogen) atoms. The molecule has 1 aliphatic carbocycles. The first-order valence-electron chi connectivity index (χ1n) is 7.29. The lowest BCUT2D eigenvalue weighted by molar-refractivity contribution is -0.115. The molecule has 0 fully saturated rings. The molecular weight excluding hydrogens is 260 g/mol. The van der Waals surface area contributed by atoms with E-state index in [9.17, 15) is 4.79 Å². The zero-order valence-corrected chi connectivity index (χ0v) is 11.9. The summed E-state index contributed by atoms with van der Waals surface area (Å²) < 4.78 is 5.82. The molecule has 0 unspecified atom stereocenters. The number of allylic oxidation sites excluding steroid dienone is 2. The van der Waals surface area contributed by atoms with Crippen LogP contribution in [0.3, 0.4) is 0 Å². The van der Waals surface area contributed by atoms with Crippen LogP contribution in [0.1, 0.15) is 24.0 Å². The van der Waals surface area contributed by atoms with Gasteiger partial charge in [-0.1, -0.05) is 48.5 Å². The van der Waals surface area contributed by atoms with Gasteiger partial charge in [0.15, 0.2) is 5.78 Å². The molecule has 2 heteroatoms. The van der Waals surface area contributed by atoms with Crippen molar-refractivity contribution < 1.29 is 9.53 Å². The highest BCUT2D eigenvalue weighted by molar-refractivity contribution is 5.97. The van der Waals surface area contributed by atoms with E-state index in [4.69, 9.17) is 4.74 Å². The van der Waals surface area contributed by atoms with Crippen LogP contribution in [-0.2, 0) is 17.8 Å². The SMILES string of the molecule is O=C1CCC=C1Cc1cccc(OCc2ccccc2)c1. The molecule has 0 saturated carbocycles. The van der Waals surface area contributed by atoms with Crippen LogP contribution in [0.25, 0.3) is 0 Å². The van der Waals surface area contributed by atoms with Gasteiger partial charge in [0.05, 0.1) is 0 Å². The number of ether oxygens (including phenoxy) is 1. The number of carbonyl (C=O) groups is 1. The topological polar surface area (TPSA) is 26.3 Å². The van der Waals surface area contributed by atoms with Crippen molar-refractivity contribution in [1.29, 1.82) is 0 Å². The Bertz CT molecular complexity index is 656. The molecule has 2 aromatic carbocycles. The van der Waals surface area contributed by atoms with Gasteiger partial charge in [-0.25, -0.2) is 0 Å². The molecule has 0 aliphatic heterocycles. The second-order valence-electron chi connectivity index (χ2n) is 5.29. The molecule has 0 aromatic heterocycles. The fraction of sp³-hybridized carbons (Fsp3) is 0.211. The highest BCUT2D eigenvalue weighted by atomic mass is 16.5. The third-order valence-electron chi connectivity index (χ3n) is 3.66. The van der Waals surface area contributed by atoms with E-state index in [1.807, 2.05) is 54.6 Å². The van der Waals surface area contributed by atoms with E-state index in [-0.39, 0.29) is 5.78 Å². The first kappa shape index (κ1) is 13.6. The number of benzene rings is 2. The molecule has 0 amide bonds. The van der Waals surface area contributed by atoms with Gasteiger partial charge >= 0.3 is 0 Å². The summed E-state index contributed by atoms with van der Waals surface area (Å²) in [6.07, 6.45) is 4.32. The van der Waals surface area contributed by atoms with Crippen LogP contribution in [0.15, 0.2) is 66.2 Å². The number of hydrogen-bond donors (Lipinski definition) is 0. The van der Waals surface area contributed by atoms with Crippen molar-refractivity contribution in [3.63, 3.8) is 0 Å². The maximum Gasteiger partial charge on any atom is 0.159 e. The van der Waals surface area contributed by atoms with Crippen LogP contribution in [0, 0.1) is 0 Å². The average molecular weight is 278 g/mol. The Morgan fingerprint density at radius 3 is 2.52 bits per heavy atom. The molecule has 2 aromatic rings. The van der Waals surface area contributed by atoms with Gasteiger partial charge in [-0.15, -0.1) is 0 Å². The summed E-state index contributed by atoms with van der Waals surface area (Å²) in [6, 6.07) is 18.1. The van der Waals surface area contributed by atoms with Crippen molar-refractivity contribution in [2.24, 2.45) is 0 Å². The van der Waals surface area contributed by atoms with E-state index < -0.39 is 0 Å². The summed E-state index contributed by atoms with van der Waals surface area (Å²) in [6.45, 7) is 0.561. The van der Waals surface area contributed by atoms with Gasteiger partial charge in [-0.2, -0.15) is 0 Å². The minimum Gasteiger partial charge on any atom is -0.489 e. The summed E-state index contributed by atoms with van der Waals surface area (Å²) in [5, 5.41) is 0. The zero-order valence-electron chi connectivity index (χ0n) is 11.9. The smallest absolute Gasteiger partial charge is 0.159 e. The molecule has 0 spiro atoms. The fourth-order valence-electron chi connectivity index (χ4n) is 2.53. The summed E-state index contributed by atoms with van der Waals surface area (Å²) in [7, 11) is 0.